The SMILES string of the molecule is CCC(CC(=O)NC(C(=O)O)C(C)C)NC(=O)OCC1c2ccccc2-c2ccccc21. The van der Waals surface area contributed by atoms with Crippen LogP contribution in [0.4, 0.5) is 4.79 Å². The molecule has 7 nitrogen and oxygen atoms in total. The van der Waals surface area contributed by atoms with E-state index in [1.807, 2.05) is 43.3 Å². The Bertz CT molecular complexity index is 942. The van der Waals surface area contributed by atoms with Crippen molar-refractivity contribution in [3.05, 3.63) is 59.7 Å². The van der Waals surface area contributed by atoms with E-state index in [0.29, 0.717) is 6.42 Å². The van der Waals surface area contributed by atoms with Crippen LogP contribution in [0.1, 0.15) is 50.7 Å². The average Bonchev–Trinajstić information content (AvgIpc) is 3.09. The van der Waals surface area contributed by atoms with Gasteiger partial charge < -0.3 is 20.5 Å². The van der Waals surface area contributed by atoms with E-state index >= 15 is 0 Å². The van der Waals surface area contributed by atoms with Crippen LogP contribution in [0.5, 0.6) is 0 Å². The fourth-order valence-corrected chi connectivity index (χ4v) is 4.07. The number of carboxylic acid groups (broad SMARTS) is 1. The molecule has 7 heteroatoms. The van der Waals surface area contributed by atoms with Crippen LogP contribution >= 0.6 is 0 Å². The molecule has 2 amide bonds. The normalized spacial score (nSPS) is 14.2. The maximum atomic E-state index is 12.5. The molecule has 2 aromatic rings. The van der Waals surface area contributed by atoms with Crippen molar-refractivity contribution in [3.8, 4) is 11.1 Å². The van der Waals surface area contributed by atoms with E-state index in [-0.39, 0.29) is 24.9 Å². The second-order valence-electron chi connectivity index (χ2n) is 8.41. The summed E-state index contributed by atoms with van der Waals surface area (Å²) in [6.07, 6.45) is -0.0982. The predicted octanol–water partition coefficient (Wildman–Crippen LogP) is 3.92. The third-order valence-electron chi connectivity index (χ3n) is 5.84. The molecule has 3 rings (SSSR count). The van der Waals surface area contributed by atoms with Gasteiger partial charge in [-0.2, -0.15) is 0 Å². The number of benzene rings is 2. The van der Waals surface area contributed by atoms with Crippen molar-refractivity contribution in [1.29, 1.82) is 0 Å². The summed E-state index contributed by atoms with van der Waals surface area (Å²) in [4.78, 5) is 36.0. The van der Waals surface area contributed by atoms with Gasteiger partial charge in [-0.3, -0.25) is 4.79 Å². The zero-order valence-corrected chi connectivity index (χ0v) is 18.6. The fraction of sp³-hybridized carbons (Fsp3) is 0.400. The summed E-state index contributed by atoms with van der Waals surface area (Å²) < 4.78 is 5.54. The first-order chi connectivity index (χ1) is 15.3. The quantitative estimate of drug-likeness (QED) is 0.550. The third-order valence-corrected chi connectivity index (χ3v) is 5.84. The molecule has 0 saturated carbocycles. The van der Waals surface area contributed by atoms with Crippen LogP contribution in [0, 0.1) is 5.92 Å². The standard InChI is InChI=1S/C25H30N2O5/c1-4-16(13-22(28)27-23(15(2)3)24(29)30)26-25(31)32-14-21-19-11-7-5-9-17(19)18-10-6-8-12-20(18)21/h5-12,15-16,21,23H,4,13-14H2,1-3H3,(H,26,31)(H,27,28)(H,29,30). The van der Waals surface area contributed by atoms with Crippen molar-refractivity contribution in [2.45, 2.75) is 51.6 Å². The highest BCUT2D eigenvalue weighted by molar-refractivity contribution is 5.84. The Hall–Kier alpha value is -3.35. The van der Waals surface area contributed by atoms with Gasteiger partial charge in [-0.15, -0.1) is 0 Å². The lowest BCUT2D eigenvalue weighted by Crippen LogP contribution is -2.47. The van der Waals surface area contributed by atoms with E-state index in [2.05, 4.69) is 22.8 Å². The minimum atomic E-state index is -1.08. The zero-order valence-electron chi connectivity index (χ0n) is 18.6. The van der Waals surface area contributed by atoms with E-state index in [1.165, 1.54) is 0 Å². The van der Waals surface area contributed by atoms with Crippen LogP contribution in [0.3, 0.4) is 0 Å². The summed E-state index contributed by atoms with van der Waals surface area (Å²) in [5, 5.41) is 14.5. The monoisotopic (exact) mass is 438 g/mol. The number of aliphatic carboxylic acids is 1. The first kappa shape index (κ1) is 23.3. The van der Waals surface area contributed by atoms with Gasteiger partial charge in [-0.1, -0.05) is 69.3 Å². The molecule has 0 spiro atoms. The number of alkyl carbamates (subject to hydrolysis) is 1. The number of hydrogen-bond acceptors (Lipinski definition) is 4. The lowest BCUT2D eigenvalue weighted by Gasteiger charge is -2.21. The van der Waals surface area contributed by atoms with E-state index in [4.69, 9.17) is 4.74 Å². The van der Waals surface area contributed by atoms with E-state index in [0.717, 1.165) is 22.3 Å². The molecule has 1 aliphatic rings. The van der Waals surface area contributed by atoms with Gasteiger partial charge in [-0.25, -0.2) is 9.59 Å². The summed E-state index contributed by atoms with van der Waals surface area (Å²) in [6, 6.07) is 14.8. The summed E-state index contributed by atoms with van der Waals surface area (Å²) >= 11 is 0. The molecule has 170 valence electrons. The van der Waals surface area contributed by atoms with Crippen molar-refractivity contribution < 1.29 is 24.2 Å². The topological polar surface area (TPSA) is 105 Å². The molecule has 0 fully saturated rings. The number of carbonyl (C=O) groups is 3. The van der Waals surface area contributed by atoms with Gasteiger partial charge in [-0.05, 0) is 34.6 Å². The number of rotatable bonds is 9. The van der Waals surface area contributed by atoms with Crippen molar-refractivity contribution >= 4 is 18.0 Å². The molecular weight excluding hydrogens is 408 g/mol. The smallest absolute Gasteiger partial charge is 0.407 e. The number of amides is 2. The molecule has 1 aliphatic carbocycles. The highest BCUT2D eigenvalue weighted by atomic mass is 16.5. The van der Waals surface area contributed by atoms with E-state index in [1.54, 1.807) is 13.8 Å². The fourth-order valence-electron chi connectivity index (χ4n) is 4.07. The van der Waals surface area contributed by atoms with Crippen LogP contribution in [0.15, 0.2) is 48.5 Å². The first-order valence-corrected chi connectivity index (χ1v) is 11.0. The van der Waals surface area contributed by atoms with E-state index < -0.39 is 30.1 Å². The van der Waals surface area contributed by atoms with Gasteiger partial charge in [0.05, 0.1) is 0 Å². The average molecular weight is 439 g/mol. The Balaban J connectivity index is 1.57. The van der Waals surface area contributed by atoms with Crippen LogP contribution in [0.25, 0.3) is 11.1 Å². The first-order valence-electron chi connectivity index (χ1n) is 11.0. The number of nitrogens with one attached hydrogen (secondary N) is 2. The molecule has 2 unspecified atom stereocenters. The number of ether oxygens (including phenoxy) is 1. The Kier molecular flexibility index (Phi) is 7.51. The molecule has 0 aliphatic heterocycles. The number of carboxylic acids is 1. The predicted molar refractivity (Wildman–Crippen MR) is 121 cm³/mol. The second kappa shape index (κ2) is 10.3. The third kappa shape index (κ3) is 5.28. The van der Waals surface area contributed by atoms with Crippen molar-refractivity contribution in [3.63, 3.8) is 0 Å². The maximum absolute atomic E-state index is 12.5. The van der Waals surface area contributed by atoms with Crippen LogP contribution in [-0.4, -0.2) is 41.8 Å². The van der Waals surface area contributed by atoms with Gasteiger partial charge in [0, 0.05) is 18.4 Å². The number of fused-ring (bicyclic) bond motifs is 3. The van der Waals surface area contributed by atoms with Gasteiger partial charge in [0.1, 0.15) is 12.6 Å². The molecule has 0 bridgehead atoms. The van der Waals surface area contributed by atoms with Crippen molar-refractivity contribution in [2.75, 3.05) is 6.61 Å². The van der Waals surface area contributed by atoms with Gasteiger partial charge >= 0.3 is 12.1 Å². The largest absolute Gasteiger partial charge is 0.480 e. The second-order valence-corrected chi connectivity index (χ2v) is 8.41. The number of hydrogen-bond donors (Lipinski definition) is 3. The lowest BCUT2D eigenvalue weighted by atomic mass is 9.98. The molecule has 0 saturated heterocycles. The zero-order chi connectivity index (χ0) is 23.3. The Labute approximate surface area is 188 Å². The highest BCUT2D eigenvalue weighted by Crippen LogP contribution is 2.44. The van der Waals surface area contributed by atoms with Gasteiger partial charge in [0.15, 0.2) is 0 Å². The molecule has 2 atom stereocenters. The summed E-state index contributed by atoms with van der Waals surface area (Å²) in [6.45, 7) is 5.49. The highest BCUT2D eigenvalue weighted by Gasteiger charge is 2.29. The Morgan fingerprint density at radius 2 is 1.53 bits per heavy atom. The Morgan fingerprint density at radius 3 is 2.03 bits per heavy atom. The maximum Gasteiger partial charge on any atom is 0.407 e. The summed E-state index contributed by atoms with van der Waals surface area (Å²) in [5.74, 6) is -1.78. The summed E-state index contributed by atoms with van der Waals surface area (Å²) in [5.41, 5.74) is 4.55. The molecule has 32 heavy (non-hydrogen) atoms. The Morgan fingerprint density at radius 1 is 0.969 bits per heavy atom. The molecule has 0 heterocycles. The molecule has 3 N–H and O–H groups in total. The van der Waals surface area contributed by atoms with Gasteiger partial charge in [0.2, 0.25) is 5.91 Å². The van der Waals surface area contributed by atoms with E-state index in [9.17, 15) is 19.5 Å². The van der Waals surface area contributed by atoms with Crippen LogP contribution < -0.4 is 10.6 Å². The lowest BCUT2D eigenvalue weighted by molar-refractivity contribution is -0.143. The van der Waals surface area contributed by atoms with Crippen LogP contribution in [0.2, 0.25) is 0 Å². The minimum Gasteiger partial charge on any atom is -0.480 e. The van der Waals surface area contributed by atoms with Crippen molar-refractivity contribution in [1.82, 2.24) is 10.6 Å². The molecule has 0 aromatic heterocycles. The molecule has 0 radical (unpaired) electrons. The minimum absolute atomic E-state index is 0.0167. The van der Waals surface area contributed by atoms with Gasteiger partial charge in [0.25, 0.3) is 0 Å². The van der Waals surface area contributed by atoms with Crippen LogP contribution in [-0.2, 0) is 14.3 Å². The number of carbonyl (C=O) groups excluding carboxylic acids is 2. The molecule has 2 aromatic carbocycles. The summed E-state index contributed by atoms with van der Waals surface area (Å²) in [7, 11) is 0. The molecular formula is C25H30N2O5. The van der Waals surface area contributed by atoms with Crippen molar-refractivity contribution in [2.24, 2.45) is 5.92 Å².